The van der Waals surface area contributed by atoms with Crippen LogP contribution in [0, 0.1) is 22.2 Å². The van der Waals surface area contributed by atoms with Gasteiger partial charge < -0.3 is 14.8 Å². The van der Waals surface area contributed by atoms with Crippen molar-refractivity contribution in [2.24, 2.45) is 10.8 Å². The lowest BCUT2D eigenvalue weighted by Gasteiger charge is -2.27. The summed E-state index contributed by atoms with van der Waals surface area (Å²) in [6, 6.07) is 13.9. The number of thiophene rings is 1. The highest BCUT2D eigenvalue weighted by Crippen LogP contribution is 2.62. The number of hydrogen-bond acceptors (Lipinski definition) is 10. The molecule has 0 fully saturated rings. The van der Waals surface area contributed by atoms with E-state index in [-0.39, 0.29) is 5.56 Å². The van der Waals surface area contributed by atoms with Gasteiger partial charge in [0.1, 0.15) is 0 Å². The van der Waals surface area contributed by atoms with Gasteiger partial charge in [0.05, 0.1) is 22.5 Å². The van der Waals surface area contributed by atoms with Gasteiger partial charge in [0, 0.05) is 15.9 Å². The van der Waals surface area contributed by atoms with Crippen LogP contribution in [-0.2, 0) is 37.5 Å². The number of amides is 1. The van der Waals surface area contributed by atoms with Crippen LogP contribution >= 0.6 is 30.5 Å². The Bertz CT molecular complexity index is 1610. The number of halogens is 1. The predicted molar refractivity (Wildman–Crippen MR) is 169 cm³/mol. The van der Waals surface area contributed by atoms with Crippen molar-refractivity contribution in [1.29, 1.82) is 5.26 Å². The molecule has 0 aliphatic carbocycles. The molecule has 2 aromatic carbocycles. The first kappa shape index (κ1) is 35.0. The van der Waals surface area contributed by atoms with Crippen LogP contribution in [0.1, 0.15) is 63.9 Å². The van der Waals surface area contributed by atoms with E-state index in [1.54, 1.807) is 89.4 Å². The van der Waals surface area contributed by atoms with E-state index in [0.717, 1.165) is 4.70 Å². The molecular formula is C31H34ClN2O8PS. The number of benzene rings is 2. The number of ether oxygens (including phenoxy) is 2. The molecule has 44 heavy (non-hydrogen) atoms. The van der Waals surface area contributed by atoms with Gasteiger partial charge in [-0.2, -0.15) is 5.26 Å². The third-order valence-corrected chi connectivity index (χ3v) is 9.36. The van der Waals surface area contributed by atoms with Crippen molar-refractivity contribution in [3.63, 3.8) is 0 Å². The number of nitrogens with one attached hydrogen (secondary N) is 1. The Morgan fingerprint density at radius 3 is 2.16 bits per heavy atom. The molecule has 1 unspecified atom stereocenters. The molecule has 10 nitrogen and oxygen atoms in total. The van der Waals surface area contributed by atoms with E-state index < -0.39 is 55.5 Å². The van der Waals surface area contributed by atoms with Crippen LogP contribution in [0.3, 0.4) is 0 Å². The zero-order valence-corrected chi connectivity index (χ0v) is 27.7. The van der Waals surface area contributed by atoms with Crippen molar-refractivity contribution in [3.05, 3.63) is 75.8 Å². The Kier molecular flexibility index (Phi) is 11.5. The van der Waals surface area contributed by atoms with Crippen molar-refractivity contribution < 1.29 is 37.5 Å². The average molecular weight is 661 g/mol. The second-order valence-electron chi connectivity index (χ2n) is 11.7. The molecule has 1 heterocycles. The molecule has 3 rings (SSSR count). The third kappa shape index (κ3) is 9.00. The van der Waals surface area contributed by atoms with Gasteiger partial charge in [-0.15, -0.1) is 11.3 Å². The minimum absolute atomic E-state index is 0.267. The molecule has 13 heteroatoms. The molecule has 3 aromatic rings. The molecule has 0 bridgehead atoms. The van der Waals surface area contributed by atoms with Crippen LogP contribution in [0.5, 0.6) is 0 Å². The lowest BCUT2D eigenvalue weighted by molar-refractivity contribution is -0.162. The number of carbonyl (C=O) groups is 3. The third-order valence-electron chi connectivity index (χ3n) is 6.06. The quantitative estimate of drug-likeness (QED) is 0.125. The maximum Gasteiger partial charge on any atom is 0.353 e. The summed E-state index contributed by atoms with van der Waals surface area (Å²) in [7, 11) is -4.63. The monoisotopic (exact) mass is 660 g/mol. The van der Waals surface area contributed by atoms with Gasteiger partial charge in [-0.25, -0.2) is 0 Å². The van der Waals surface area contributed by atoms with Crippen LogP contribution in [0.2, 0.25) is 5.02 Å². The summed E-state index contributed by atoms with van der Waals surface area (Å²) in [5.41, 5.74) is -2.21. The number of fused-ring (bicyclic) bond motifs is 1. The molecule has 0 aliphatic rings. The zero-order valence-electron chi connectivity index (χ0n) is 25.2. The van der Waals surface area contributed by atoms with E-state index in [4.69, 9.17) is 30.1 Å². The average Bonchev–Trinajstić information content (AvgIpc) is 3.34. The number of rotatable bonds is 11. The maximum atomic E-state index is 14.6. The molecule has 0 spiro atoms. The molecular weight excluding hydrogens is 627 g/mol. The Morgan fingerprint density at radius 2 is 1.59 bits per heavy atom. The number of nitriles is 1. The van der Waals surface area contributed by atoms with E-state index in [0.29, 0.717) is 21.5 Å². The van der Waals surface area contributed by atoms with Gasteiger partial charge in [0.25, 0.3) is 0 Å². The first-order chi connectivity index (χ1) is 20.6. The summed E-state index contributed by atoms with van der Waals surface area (Å²) >= 11 is 7.55. The molecule has 1 amide bonds. The normalized spacial score (nSPS) is 13.0. The van der Waals surface area contributed by atoms with Gasteiger partial charge in [0.15, 0.2) is 5.66 Å². The Balaban J connectivity index is 2.04. The van der Waals surface area contributed by atoms with Gasteiger partial charge in [-0.3, -0.25) is 28.0 Å². The first-order valence-corrected chi connectivity index (χ1v) is 16.3. The van der Waals surface area contributed by atoms with Crippen molar-refractivity contribution in [2.45, 2.75) is 47.2 Å². The SMILES string of the molecule is CC(C)(C)C(=O)OCOP(=O)(OCOC(=O)C(C)(C)C)C(C(=O)N/C=C/c1ccccc1C#N)c1csc2ccc(Cl)cc12. The smallest absolute Gasteiger partial charge is 0.353 e. The Hall–Kier alpha value is -3.52. The minimum Gasteiger partial charge on any atom is -0.438 e. The maximum absolute atomic E-state index is 14.6. The summed E-state index contributed by atoms with van der Waals surface area (Å²) in [6.45, 7) is 8.17. The largest absolute Gasteiger partial charge is 0.438 e. The highest BCUT2D eigenvalue weighted by Gasteiger charge is 2.45. The number of carbonyl (C=O) groups excluding carboxylic acids is 3. The summed E-state index contributed by atoms with van der Waals surface area (Å²) in [4.78, 5) is 38.7. The molecule has 0 saturated heterocycles. The van der Waals surface area contributed by atoms with Gasteiger partial charge in [-0.05, 0) is 93.8 Å². The number of nitrogens with zero attached hydrogens (tertiary/aromatic N) is 1. The van der Waals surface area contributed by atoms with E-state index in [2.05, 4.69) is 11.4 Å². The lowest BCUT2D eigenvalue weighted by atomic mass is 9.98. The summed E-state index contributed by atoms with van der Waals surface area (Å²) in [5.74, 6) is -2.09. The second-order valence-corrected chi connectivity index (χ2v) is 15.1. The van der Waals surface area contributed by atoms with Crippen molar-refractivity contribution in [1.82, 2.24) is 5.32 Å². The fourth-order valence-electron chi connectivity index (χ4n) is 3.65. The zero-order chi connectivity index (χ0) is 32.7. The predicted octanol–water partition coefficient (Wildman–Crippen LogP) is 7.57. The van der Waals surface area contributed by atoms with E-state index >= 15 is 0 Å². The minimum atomic E-state index is -4.63. The molecule has 0 saturated carbocycles. The summed E-state index contributed by atoms with van der Waals surface area (Å²) < 4.78 is 36.9. The molecule has 1 aromatic heterocycles. The van der Waals surface area contributed by atoms with Crippen molar-refractivity contribution in [3.8, 4) is 6.07 Å². The summed E-state index contributed by atoms with van der Waals surface area (Å²) in [5, 5.41) is 14.5. The van der Waals surface area contributed by atoms with E-state index in [9.17, 15) is 24.2 Å². The van der Waals surface area contributed by atoms with Gasteiger partial charge >= 0.3 is 19.5 Å². The molecule has 1 N–H and O–H groups in total. The topological polar surface area (TPSA) is 141 Å². The molecule has 0 radical (unpaired) electrons. The molecule has 0 aliphatic heterocycles. The highest BCUT2D eigenvalue weighted by atomic mass is 35.5. The molecule has 1 atom stereocenters. The van der Waals surface area contributed by atoms with Crippen LogP contribution in [-0.4, -0.2) is 31.4 Å². The second kappa shape index (κ2) is 14.5. The summed E-state index contributed by atoms with van der Waals surface area (Å²) in [6.07, 6.45) is 2.82. The van der Waals surface area contributed by atoms with Gasteiger partial charge in [-0.1, -0.05) is 29.8 Å². The van der Waals surface area contributed by atoms with Crippen LogP contribution < -0.4 is 5.32 Å². The Labute approximate surface area is 265 Å². The molecule has 234 valence electrons. The number of esters is 2. The van der Waals surface area contributed by atoms with Crippen molar-refractivity contribution in [2.75, 3.05) is 13.6 Å². The lowest BCUT2D eigenvalue weighted by Crippen LogP contribution is -2.29. The van der Waals surface area contributed by atoms with Crippen molar-refractivity contribution >= 4 is 64.5 Å². The van der Waals surface area contributed by atoms with Crippen LogP contribution in [0.15, 0.2) is 54.0 Å². The van der Waals surface area contributed by atoms with Crippen LogP contribution in [0.25, 0.3) is 16.2 Å². The van der Waals surface area contributed by atoms with E-state index in [1.165, 1.54) is 23.6 Å². The Morgan fingerprint density at radius 1 is 1.00 bits per heavy atom. The van der Waals surface area contributed by atoms with Gasteiger partial charge in [0.2, 0.25) is 19.5 Å². The van der Waals surface area contributed by atoms with Crippen LogP contribution in [0.4, 0.5) is 0 Å². The highest BCUT2D eigenvalue weighted by molar-refractivity contribution is 7.55. The fraction of sp³-hybridized carbons (Fsp3) is 0.355. The first-order valence-electron chi connectivity index (χ1n) is 13.4. The number of hydrogen-bond donors (Lipinski definition) is 1. The van der Waals surface area contributed by atoms with E-state index in [1.807, 2.05) is 0 Å². The fourth-order valence-corrected chi connectivity index (χ4v) is 6.58. The standard InChI is InChI=1S/C31H34ClN2O8PS/c1-30(2,3)28(36)39-18-41-43(38,42-19-40-29(37)31(4,5)6)26(24-17-44-25-12-11-22(32)15-23(24)25)27(35)34-14-13-20-9-7-8-10-21(20)16-33/h7-15,17,26H,18-19H2,1-6H3,(H,34,35)/b14-13+.